The molecule has 1 spiro atoms. The van der Waals surface area contributed by atoms with E-state index in [4.69, 9.17) is 19.7 Å². The third-order valence-electron chi connectivity index (χ3n) is 11.9. The highest BCUT2D eigenvalue weighted by Crippen LogP contribution is 2.63. The zero-order chi connectivity index (χ0) is 38.2. The molecule has 58 heavy (non-hydrogen) atoms. The minimum Gasteiger partial charge on any atom is -0.457 e. The molecule has 0 N–H and O–H groups in total. The minimum absolute atomic E-state index is 0.590. The molecule has 4 nitrogen and oxygen atoms in total. The average Bonchev–Trinajstić information content (AvgIpc) is 3.60. The third kappa shape index (κ3) is 4.72. The average molecular weight is 740 g/mol. The number of fused-ring (bicyclic) bond motifs is 13. The lowest BCUT2D eigenvalue weighted by molar-refractivity contribution is 0.436. The van der Waals surface area contributed by atoms with Gasteiger partial charge in [0.05, 0.1) is 28.0 Å². The number of benzene rings is 8. The van der Waals surface area contributed by atoms with Crippen molar-refractivity contribution in [2.75, 3.05) is 0 Å². The lowest BCUT2D eigenvalue weighted by Crippen LogP contribution is -2.32. The molecule has 0 fully saturated rings. The van der Waals surface area contributed by atoms with E-state index < -0.39 is 5.41 Å². The molecule has 4 heteroatoms. The maximum atomic E-state index is 6.65. The summed E-state index contributed by atoms with van der Waals surface area (Å²) < 4.78 is 6.65. The summed E-state index contributed by atoms with van der Waals surface area (Å²) in [4.78, 5) is 15.8. The quantitative estimate of drug-likeness (QED) is 0.169. The maximum absolute atomic E-state index is 6.65. The van der Waals surface area contributed by atoms with E-state index in [1.165, 1.54) is 27.6 Å². The van der Waals surface area contributed by atoms with Crippen LogP contribution >= 0.6 is 0 Å². The van der Waals surface area contributed by atoms with Crippen LogP contribution in [0.1, 0.15) is 22.3 Å². The van der Waals surface area contributed by atoms with Gasteiger partial charge in [0, 0.05) is 49.5 Å². The number of rotatable bonds is 4. The largest absolute Gasteiger partial charge is 0.457 e. The summed E-state index contributed by atoms with van der Waals surface area (Å²) in [5.74, 6) is 2.44. The predicted octanol–water partition coefficient (Wildman–Crippen LogP) is 13.3. The highest BCUT2D eigenvalue weighted by atomic mass is 16.5. The molecule has 0 radical (unpaired) electrons. The van der Waals surface area contributed by atoms with E-state index in [-0.39, 0.29) is 0 Å². The highest BCUT2D eigenvalue weighted by Gasteiger charge is 2.51. The van der Waals surface area contributed by atoms with Gasteiger partial charge in [-0.1, -0.05) is 170 Å². The number of pyridine rings is 1. The first-order valence-corrected chi connectivity index (χ1v) is 19.7. The van der Waals surface area contributed by atoms with Crippen molar-refractivity contribution in [1.29, 1.82) is 0 Å². The van der Waals surface area contributed by atoms with E-state index in [1.807, 2.05) is 24.3 Å². The smallest absolute Gasteiger partial charge is 0.160 e. The molecule has 0 amide bonds. The Kier molecular flexibility index (Phi) is 7.11. The standard InChI is InChI=1S/C54H33N3O/c1-4-16-34(17-5-1)46-33-47(57-53(56-46)36-20-8-3-9-21-36)37-28-31-45-40(32-37)50-39(52(55-45)35-18-6-2-7-19-35)29-30-44-51(50)38-22-10-11-23-41(38)54(44)42-24-12-14-26-48(42)58-49-27-15-13-25-43(49)54/h1-33H. The van der Waals surface area contributed by atoms with Gasteiger partial charge in [-0.15, -0.1) is 0 Å². The predicted molar refractivity (Wildman–Crippen MR) is 234 cm³/mol. The topological polar surface area (TPSA) is 47.9 Å². The Bertz CT molecular complexity index is 3150. The second-order valence-corrected chi connectivity index (χ2v) is 15.1. The molecule has 0 unspecified atom stereocenters. The van der Waals surface area contributed by atoms with Crippen LogP contribution < -0.4 is 4.74 Å². The van der Waals surface area contributed by atoms with Gasteiger partial charge in [0.15, 0.2) is 5.82 Å². The van der Waals surface area contributed by atoms with Crippen LogP contribution in [-0.2, 0) is 5.41 Å². The fourth-order valence-corrected chi connectivity index (χ4v) is 9.48. The summed E-state index contributed by atoms with van der Waals surface area (Å²) >= 11 is 0. The Hall–Kier alpha value is -7.69. The Morgan fingerprint density at radius 1 is 0.379 bits per heavy atom. The van der Waals surface area contributed by atoms with Crippen LogP contribution in [0.2, 0.25) is 0 Å². The lowest BCUT2D eigenvalue weighted by Gasteiger charge is -2.39. The fourth-order valence-electron chi connectivity index (χ4n) is 9.48. The van der Waals surface area contributed by atoms with E-state index in [0.29, 0.717) is 5.82 Å². The molecular formula is C54H33N3O. The zero-order valence-electron chi connectivity index (χ0n) is 31.3. The molecule has 12 rings (SSSR count). The molecule has 2 aromatic heterocycles. The third-order valence-corrected chi connectivity index (χ3v) is 11.9. The van der Waals surface area contributed by atoms with Crippen LogP contribution in [-0.4, -0.2) is 15.0 Å². The van der Waals surface area contributed by atoms with Crippen LogP contribution in [0, 0.1) is 0 Å². The van der Waals surface area contributed by atoms with Crippen molar-refractivity contribution in [2.24, 2.45) is 0 Å². The molecule has 0 bridgehead atoms. The van der Waals surface area contributed by atoms with E-state index in [1.54, 1.807) is 0 Å². The van der Waals surface area contributed by atoms with E-state index in [0.717, 1.165) is 78.3 Å². The van der Waals surface area contributed by atoms with Crippen molar-refractivity contribution in [3.8, 4) is 67.8 Å². The first-order valence-electron chi connectivity index (χ1n) is 19.7. The lowest BCUT2D eigenvalue weighted by atomic mass is 9.66. The molecule has 1 aliphatic carbocycles. The molecule has 2 aliphatic rings. The van der Waals surface area contributed by atoms with Gasteiger partial charge in [0.25, 0.3) is 0 Å². The Balaban J connectivity index is 1.20. The number of ether oxygens (including phenoxy) is 1. The number of nitrogens with zero attached hydrogens (tertiary/aromatic N) is 3. The molecule has 0 atom stereocenters. The maximum Gasteiger partial charge on any atom is 0.160 e. The number of hydrogen-bond donors (Lipinski definition) is 0. The van der Waals surface area contributed by atoms with Gasteiger partial charge in [-0.05, 0) is 52.6 Å². The molecule has 10 aromatic rings. The van der Waals surface area contributed by atoms with Gasteiger partial charge >= 0.3 is 0 Å². The summed E-state index contributed by atoms with van der Waals surface area (Å²) in [5, 5.41) is 3.35. The van der Waals surface area contributed by atoms with E-state index in [9.17, 15) is 0 Å². The Labute approximate surface area is 335 Å². The second-order valence-electron chi connectivity index (χ2n) is 15.1. The normalized spacial score (nSPS) is 13.1. The molecular weight excluding hydrogens is 707 g/mol. The molecule has 270 valence electrons. The van der Waals surface area contributed by atoms with Crippen molar-refractivity contribution in [2.45, 2.75) is 5.41 Å². The van der Waals surface area contributed by atoms with Gasteiger partial charge in [-0.2, -0.15) is 0 Å². The van der Waals surface area contributed by atoms with Crippen molar-refractivity contribution in [3.05, 3.63) is 222 Å². The second kappa shape index (κ2) is 12.7. The SMILES string of the molecule is c1ccc(-c2cc(-c3ccc4nc(-c5ccccc5)c5ccc6c(c5c4c3)-c3ccccc3C63c4ccccc4Oc4ccccc43)nc(-c3ccccc3)n2)cc1. The van der Waals surface area contributed by atoms with Gasteiger partial charge in [0.2, 0.25) is 0 Å². The van der Waals surface area contributed by atoms with Gasteiger partial charge < -0.3 is 4.74 Å². The number of hydrogen-bond acceptors (Lipinski definition) is 4. The van der Waals surface area contributed by atoms with E-state index >= 15 is 0 Å². The fraction of sp³-hybridized carbons (Fsp3) is 0.0185. The summed E-state index contributed by atoms with van der Waals surface area (Å²) in [7, 11) is 0. The summed E-state index contributed by atoms with van der Waals surface area (Å²) in [6.07, 6.45) is 0. The van der Waals surface area contributed by atoms with Crippen LogP contribution in [0.5, 0.6) is 11.5 Å². The monoisotopic (exact) mass is 739 g/mol. The van der Waals surface area contributed by atoms with Crippen molar-refractivity contribution >= 4 is 21.7 Å². The van der Waals surface area contributed by atoms with Crippen LogP contribution in [0.3, 0.4) is 0 Å². The van der Waals surface area contributed by atoms with Gasteiger partial charge in [0.1, 0.15) is 11.5 Å². The van der Waals surface area contributed by atoms with Crippen LogP contribution in [0.25, 0.3) is 78.0 Å². The van der Waals surface area contributed by atoms with Gasteiger partial charge in [-0.25, -0.2) is 15.0 Å². The van der Waals surface area contributed by atoms with Crippen LogP contribution in [0.15, 0.2) is 200 Å². The first-order chi connectivity index (χ1) is 28.8. The van der Waals surface area contributed by atoms with Crippen molar-refractivity contribution in [3.63, 3.8) is 0 Å². The summed E-state index contributed by atoms with van der Waals surface area (Å²) in [5.41, 5.74) is 14.3. The summed E-state index contributed by atoms with van der Waals surface area (Å²) in [6.45, 7) is 0. The first kappa shape index (κ1) is 32.5. The molecule has 1 aliphatic heterocycles. The number of para-hydroxylation sites is 2. The number of aromatic nitrogens is 3. The molecule has 0 saturated carbocycles. The Morgan fingerprint density at radius 2 is 0.948 bits per heavy atom. The molecule has 8 aromatic carbocycles. The Morgan fingerprint density at radius 3 is 1.64 bits per heavy atom. The van der Waals surface area contributed by atoms with Crippen LogP contribution in [0.4, 0.5) is 0 Å². The molecule has 0 saturated heterocycles. The van der Waals surface area contributed by atoms with E-state index in [2.05, 4.69) is 176 Å². The molecule has 3 heterocycles. The van der Waals surface area contributed by atoms with Gasteiger partial charge in [-0.3, -0.25) is 0 Å². The summed E-state index contributed by atoms with van der Waals surface area (Å²) in [6, 6.07) is 70.5. The zero-order valence-corrected chi connectivity index (χ0v) is 31.3. The highest BCUT2D eigenvalue weighted by molar-refractivity contribution is 6.20. The minimum atomic E-state index is -0.590. The van der Waals surface area contributed by atoms with Crippen molar-refractivity contribution in [1.82, 2.24) is 15.0 Å². The van der Waals surface area contributed by atoms with Crippen molar-refractivity contribution < 1.29 is 4.74 Å².